The van der Waals surface area contributed by atoms with Crippen LogP contribution in [-0.4, -0.2) is 18.1 Å². The maximum atomic E-state index is 11.0. The summed E-state index contributed by atoms with van der Waals surface area (Å²) in [7, 11) is 1.32. The highest BCUT2D eigenvalue weighted by Gasteiger charge is 2.10. The molecule has 0 aromatic carbocycles. The van der Waals surface area contributed by atoms with E-state index in [0.717, 1.165) is 0 Å². The summed E-state index contributed by atoms with van der Waals surface area (Å²) in [6, 6.07) is 0. The van der Waals surface area contributed by atoms with Crippen LogP contribution in [-0.2, 0) is 4.74 Å². The van der Waals surface area contributed by atoms with Gasteiger partial charge >= 0.3 is 5.97 Å². The van der Waals surface area contributed by atoms with E-state index >= 15 is 0 Å². The summed E-state index contributed by atoms with van der Waals surface area (Å²) >= 11 is 1.34. The van der Waals surface area contributed by atoms with E-state index < -0.39 is 5.97 Å². The number of nitrogens with zero attached hydrogens (tertiary/aromatic N) is 1. The lowest BCUT2D eigenvalue weighted by molar-refractivity contribution is 0.0595. The van der Waals surface area contributed by atoms with Gasteiger partial charge in [-0.2, -0.15) is 0 Å². The zero-order chi connectivity index (χ0) is 9.84. The van der Waals surface area contributed by atoms with Gasteiger partial charge in [0, 0.05) is 11.0 Å². The van der Waals surface area contributed by atoms with Crippen molar-refractivity contribution < 1.29 is 9.53 Å². The Morgan fingerprint density at radius 1 is 1.77 bits per heavy atom. The van der Waals surface area contributed by atoms with Crippen LogP contribution in [0, 0.1) is 0 Å². The van der Waals surface area contributed by atoms with Crippen LogP contribution in [0.4, 0.5) is 0 Å². The number of ether oxygens (including phenoxy) is 1. The second-order valence-electron chi connectivity index (χ2n) is 2.26. The summed E-state index contributed by atoms with van der Waals surface area (Å²) in [5.74, 6) is -0.431. The zero-order valence-electron chi connectivity index (χ0n) is 7.24. The Morgan fingerprint density at radius 2 is 2.46 bits per heavy atom. The number of allylic oxidation sites excluding steroid dienone is 2. The molecule has 0 radical (unpaired) electrons. The van der Waals surface area contributed by atoms with Crippen molar-refractivity contribution in [3.8, 4) is 0 Å². The first-order valence-corrected chi connectivity index (χ1v) is 4.42. The maximum Gasteiger partial charge on any atom is 0.357 e. The highest BCUT2D eigenvalue weighted by atomic mass is 32.1. The molecule has 1 aromatic heterocycles. The number of hydrogen-bond donors (Lipinski definition) is 0. The van der Waals surface area contributed by atoms with Crippen molar-refractivity contribution in [2.45, 2.75) is 0 Å². The highest BCUT2D eigenvalue weighted by molar-refractivity contribution is 7.11. The maximum absolute atomic E-state index is 11.0. The van der Waals surface area contributed by atoms with Gasteiger partial charge in [-0.3, -0.25) is 0 Å². The molecular weight excluding hydrogens is 186 g/mol. The second-order valence-corrected chi connectivity index (χ2v) is 3.12. The van der Waals surface area contributed by atoms with Crippen molar-refractivity contribution in [3.63, 3.8) is 0 Å². The van der Waals surface area contributed by atoms with Crippen molar-refractivity contribution >= 4 is 22.9 Å². The molecule has 0 atom stereocenters. The molecule has 0 saturated carbocycles. The van der Waals surface area contributed by atoms with Crippen LogP contribution >= 0.6 is 11.3 Å². The van der Waals surface area contributed by atoms with Gasteiger partial charge in [0.15, 0.2) is 5.69 Å². The first-order valence-electron chi connectivity index (χ1n) is 3.54. The molecule has 68 valence electrons. The van der Waals surface area contributed by atoms with Crippen LogP contribution in [0.3, 0.4) is 0 Å². The van der Waals surface area contributed by atoms with Gasteiger partial charge in [0.05, 0.1) is 7.11 Å². The van der Waals surface area contributed by atoms with E-state index in [4.69, 9.17) is 0 Å². The fourth-order valence-corrected chi connectivity index (χ4v) is 1.46. The van der Waals surface area contributed by atoms with Crippen LogP contribution in [0.2, 0.25) is 0 Å². The van der Waals surface area contributed by atoms with E-state index in [9.17, 15) is 4.79 Å². The number of aromatic nitrogens is 1. The van der Waals surface area contributed by atoms with E-state index in [1.807, 2.05) is 0 Å². The minimum atomic E-state index is -0.431. The summed E-state index contributed by atoms with van der Waals surface area (Å²) in [5, 5.41) is 2.32. The van der Waals surface area contributed by atoms with Gasteiger partial charge in [-0.15, -0.1) is 11.3 Å². The number of carbonyl (C=O) groups excluding carboxylic acids is 1. The van der Waals surface area contributed by atoms with E-state index in [1.165, 1.54) is 18.4 Å². The lowest BCUT2D eigenvalue weighted by Crippen LogP contribution is -2.01. The lowest BCUT2D eigenvalue weighted by atomic mass is 10.3. The lowest BCUT2D eigenvalue weighted by Gasteiger charge is -1.92. The molecule has 4 heteroatoms. The van der Waals surface area contributed by atoms with Crippen LogP contribution in [0.25, 0.3) is 5.57 Å². The summed E-state index contributed by atoms with van der Waals surface area (Å²) in [4.78, 5) is 15.0. The van der Waals surface area contributed by atoms with Crippen molar-refractivity contribution in [1.29, 1.82) is 0 Å². The molecule has 1 aromatic rings. The molecular formula is C9H9NO2S. The molecule has 0 fully saturated rings. The highest BCUT2D eigenvalue weighted by Crippen LogP contribution is 2.18. The molecule has 0 saturated heterocycles. The van der Waals surface area contributed by atoms with E-state index in [-0.39, 0.29) is 0 Å². The third-order valence-electron chi connectivity index (χ3n) is 1.42. The molecule has 0 amide bonds. The fraction of sp³-hybridized carbons (Fsp3) is 0.111. The Bertz CT molecular complexity index is 354. The van der Waals surface area contributed by atoms with E-state index in [0.29, 0.717) is 16.3 Å². The standard InChI is InChI=1S/C9H9NO2S/c1-4-6(2)8-10-7(5-13-8)9(11)12-3/h4-5H,1-2H2,3H3. The van der Waals surface area contributed by atoms with Gasteiger partial charge in [0.1, 0.15) is 5.01 Å². The van der Waals surface area contributed by atoms with Crippen molar-refractivity contribution in [3.05, 3.63) is 35.3 Å². The topological polar surface area (TPSA) is 39.2 Å². The van der Waals surface area contributed by atoms with E-state index in [1.54, 1.807) is 11.5 Å². The quantitative estimate of drug-likeness (QED) is 0.548. The van der Waals surface area contributed by atoms with Crippen LogP contribution in [0.1, 0.15) is 15.5 Å². The largest absolute Gasteiger partial charge is 0.464 e. The first kappa shape index (κ1) is 9.67. The Labute approximate surface area is 80.4 Å². The van der Waals surface area contributed by atoms with Crippen LogP contribution in [0.5, 0.6) is 0 Å². The molecule has 0 N–H and O–H groups in total. The first-order chi connectivity index (χ1) is 6.19. The van der Waals surface area contributed by atoms with Gasteiger partial charge in [0.2, 0.25) is 0 Å². The average Bonchev–Trinajstić information content (AvgIpc) is 2.64. The zero-order valence-corrected chi connectivity index (χ0v) is 8.06. The third-order valence-corrected chi connectivity index (χ3v) is 2.34. The average molecular weight is 195 g/mol. The number of esters is 1. The molecule has 0 bridgehead atoms. The van der Waals surface area contributed by atoms with Gasteiger partial charge in [0.25, 0.3) is 0 Å². The molecule has 0 unspecified atom stereocenters. The summed E-state index contributed by atoms with van der Waals surface area (Å²) in [5.41, 5.74) is 1.02. The van der Waals surface area contributed by atoms with Gasteiger partial charge in [-0.1, -0.05) is 19.2 Å². The Hall–Kier alpha value is -1.42. The van der Waals surface area contributed by atoms with Crippen molar-refractivity contribution in [2.75, 3.05) is 7.11 Å². The molecule has 0 spiro atoms. The van der Waals surface area contributed by atoms with Gasteiger partial charge in [-0.25, -0.2) is 9.78 Å². The second kappa shape index (κ2) is 4.00. The smallest absolute Gasteiger partial charge is 0.357 e. The summed E-state index contributed by atoms with van der Waals surface area (Å²) < 4.78 is 4.51. The minimum absolute atomic E-state index is 0.311. The molecule has 1 heterocycles. The fourth-order valence-electron chi connectivity index (χ4n) is 0.707. The van der Waals surface area contributed by atoms with Gasteiger partial charge in [-0.05, 0) is 0 Å². The summed E-state index contributed by atoms with van der Waals surface area (Å²) in [6.45, 7) is 7.28. The number of thiazole rings is 1. The minimum Gasteiger partial charge on any atom is -0.464 e. The Balaban J connectivity index is 2.92. The number of hydrogen-bond acceptors (Lipinski definition) is 4. The third kappa shape index (κ3) is 2.03. The molecule has 0 aliphatic rings. The van der Waals surface area contributed by atoms with Crippen molar-refractivity contribution in [1.82, 2.24) is 4.98 Å². The van der Waals surface area contributed by atoms with Gasteiger partial charge < -0.3 is 4.74 Å². The van der Waals surface area contributed by atoms with E-state index in [2.05, 4.69) is 22.9 Å². The van der Waals surface area contributed by atoms with Crippen molar-refractivity contribution in [2.24, 2.45) is 0 Å². The Morgan fingerprint density at radius 3 is 3.00 bits per heavy atom. The predicted octanol–water partition coefficient (Wildman–Crippen LogP) is 2.13. The molecule has 1 rings (SSSR count). The molecule has 3 nitrogen and oxygen atoms in total. The predicted molar refractivity (Wildman–Crippen MR) is 52.7 cm³/mol. The molecule has 0 aliphatic carbocycles. The van der Waals surface area contributed by atoms with Crippen LogP contribution in [0.15, 0.2) is 24.6 Å². The molecule has 0 aliphatic heterocycles. The normalized spacial score (nSPS) is 9.31. The summed E-state index contributed by atoms with van der Waals surface area (Å²) in [6.07, 6.45) is 1.60. The number of rotatable bonds is 3. The number of carbonyl (C=O) groups is 1. The molecule has 13 heavy (non-hydrogen) atoms. The number of methoxy groups -OCH3 is 1. The Kier molecular flexibility index (Phi) is 2.97. The van der Waals surface area contributed by atoms with Crippen LogP contribution < -0.4 is 0 Å². The SMILES string of the molecule is C=CC(=C)c1nc(C(=O)OC)cs1. The monoisotopic (exact) mass is 195 g/mol.